The molecule has 0 heterocycles. The van der Waals surface area contributed by atoms with Gasteiger partial charge in [-0.1, -0.05) is 11.6 Å². The van der Waals surface area contributed by atoms with Gasteiger partial charge in [-0.15, -0.1) is 0 Å². The van der Waals surface area contributed by atoms with Gasteiger partial charge in [-0.25, -0.2) is 8.42 Å². The monoisotopic (exact) mass is 300 g/mol. The van der Waals surface area contributed by atoms with Crippen molar-refractivity contribution in [2.45, 2.75) is 31.6 Å². The number of nitriles is 1. The van der Waals surface area contributed by atoms with Crippen LogP contribution in [0.25, 0.3) is 0 Å². The van der Waals surface area contributed by atoms with Gasteiger partial charge in [-0.05, 0) is 44.9 Å². The summed E-state index contributed by atoms with van der Waals surface area (Å²) >= 11 is 5.74. The number of benzene rings is 1. The standard InChI is InChI=1S/C13H17ClN2O2S/c1-13(2,9-15)6-3-7-19(17,18)12-5-4-10(14)8-11(12)16/h4-5,8H,3,6-7,16H2,1-2H3. The van der Waals surface area contributed by atoms with Crippen molar-refractivity contribution >= 4 is 27.1 Å². The van der Waals surface area contributed by atoms with Crippen molar-refractivity contribution in [1.82, 2.24) is 0 Å². The van der Waals surface area contributed by atoms with Crippen molar-refractivity contribution in [3.63, 3.8) is 0 Å². The average molecular weight is 301 g/mol. The van der Waals surface area contributed by atoms with Crippen molar-refractivity contribution in [2.75, 3.05) is 11.5 Å². The molecule has 19 heavy (non-hydrogen) atoms. The highest BCUT2D eigenvalue weighted by Gasteiger charge is 2.21. The lowest BCUT2D eigenvalue weighted by Crippen LogP contribution is -2.13. The number of anilines is 1. The van der Waals surface area contributed by atoms with Gasteiger partial charge in [-0.2, -0.15) is 5.26 Å². The summed E-state index contributed by atoms with van der Waals surface area (Å²) in [6.45, 7) is 3.58. The Morgan fingerprint density at radius 1 is 1.42 bits per heavy atom. The van der Waals surface area contributed by atoms with E-state index in [-0.39, 0.29) is 16.3 Å². The second-order valence-electron chi connectivity index (χ2n) is 5.10. The van der Waals surface area contributed by atoms with Crippen LogP contribution in [0.1, 0.15) is 26.7 Å². The van der Waals surface area contributed by atoms with Crippen LogP contribution >= 0.6 is 11.6 Å². The number of nitrogens with two attached hydrogens (primary N) is 1. The maximum atomic E-state index is 12.1. The number of halogens is 1. The molecule has 2 N–H and O–H groups in total. The fraction of sp³-hybridized carbons (Fsp3) is 0.462. The molecule has 0 aromatic heterocycles. The van der Waals surface area contributed by atoms with Crippen LogP contribution in [0.2, 0.25) is 5.02 Å². The van der Waals surface area contributed by atoms with E-state index in [1.54, 1.807) is 13.8 Å². The summed E-state index contributed by atoms with van der Waals surface area (Å²) in [6.07, 6.45) is 0.946. The normalized spacial score (nSPS) is 12.1. The molecule has 104 valence electrons. The van der Waals surface area contributed by atoms with E-state index in [1.165, 1.54) is 18.2 Å². The molecular weight excluding hydrogens is 284 g/mol. The van der Waals surface area contributed by atoms with Gasteiger partial charge in [0.2, 0.25) is 0 Å². The number of hydrogen-bond acceptors (Lipinski definition) is 4. The first kappa shape index (κ1) is 15.8. The number of nitrogen functional groups attached to an aromatic ring is 1. The molecule has 6 heteroatoms. The highest BCUT2D eigenvalue weighted by atomic mass is 35.5. The minimum atomic E-state index is -3.43. The predicted octanol–water partition coefficient (Wildman–Crippen LogP) is 3.03. The third kappa shape index (κ3) is 4.41. The van der Waals surface area contributed by atoms with E-state index < -0.39 is 15.3 Å². The van der Waals surface area contributed by atoms with Crippen molar-refractivity contribution in [1.29, 1.82) is 5.26 Å². The van der Waals surface area contributed by atoms with E-state index in [2.05, 4.69) is 6.07 Å². The summed E-state index contributed by atoms with van der Waals surface area (Å²) < 4.78 is 24.3. The Bertz CT molecular complexity index is 604. The Kier molecular flexibility index (Phi) is 4.83. The van der Waals surface area contributed by atoms with Gasteiger partial charge in [0.1, 0.15) is 0 Å². The van der Waals surface area contributed by atoms with Crippen molar-refractivity contribution in [3.8, 4) is 6.07 Å². The lowest BCUT2D eigenvalue weighted by Gasteiger charge is -2.14. The Morgan fingerprint density at radius 3 is 2.58 bits per heavy atom. The summed E-state index contributed by atoms with van der Waals surface area (Å²) in [5.74, 6) is -0.0239. The van der Waals surface area contributed by atoms with Crippen LogP contribution in [-0.2, 0) is 9.84 Å². The van der Waals surface area contributed by atoms with Crippen LogP contribution < -0.4 is 5.73 Å². The highest BCUT2D eigenvalue weighted by Crippen LogP contribution is 2.26. The molecule has 1 aromatic rings. The molecule has 0 atom stereocenters. The first-order chi connectivity index (χ1) is 8.68. The van der Waals surface area contributed by atoms with Gasteiger partial charge in [0, 0.05) is 5.02 Å². The Morgan fingerprint density at radius 2 is 2.05 bits per heavy atom. The first-order valence-electron chi connectivity index (χ1n) is 5.87. The van der Waals surface area contributed by atoms with E-state index in [1.807, 2.05) is 0 Å². The number of rotatable bonds is 5. The summed E-state index contributed by atoms with van der Waals surface area (Å²) in [5, 5.41) is 9.29. The van der Waals surface area contributed by atoms with E-state index in [0.717, 1.165) is 0 Å². The molecule has 0 fully saturated rings. The van der Waals surface area contributed by atoms with Crippen molar-refractivity contribution < 1.29 is 8.42 Å². The SMILES string of the molecule is CC(C)(C#N)CCCS(=O)(=O)c1ccc(Cl)cc1N. The van der Waals surface area contributed by atoms with Crippen LogP contribution in [0.5, 0.6) is 0 Å². The molecule has 1 aromatic carbocycles. The average Bonchev–Trinajstić information content (AvgIpc) is 2.27. The lowest BCUT2D eigenvalue weighted by molar-refractivity contribution is 0.445. The topological polar surface area (TPSA) is 84.0 Å². The molecule has 0 aliphatic rings. The zero-order valence-electron chi connectivity index (χ0n) is 11.0. The molecule has 4 nitrogen and oxygen atoms in total. The lowest BCUT2D eigenvalue weighted by atomic mass is 9.90. The largest absolute Gasteiger partial charge is 0.398 e. The molecule has 0 saturated heterocycles. The number of hydrogen-bond donors (Lipinski definition) is 1. The molecule has 0 bridgehead atoms. The fourth-order valence-electron chi connectivity index (χ4n) is 1.67. The molecule has 0 aliphatic carbocycles. The Hall–Kier alpha value is -1.25. The molecule has 1 rings (SSSR count). The van der Waals surface area contributed by atoms with Crippen LogP contribution in [0.15, 0.2) is 23.1 Å². The van der Waals surface area contributed by atoms with E-state index in [4.69, 9.17) is 22.6 Å². The predicted molar refractivity (Wildman–Crippen MR) is 76.5 cm³/mol. The summed E-state index contributed by atoms with van der Waals surface area (Å²) in [6, 6.07) is 6.50. The van der Waals surface area contributed by atoms with E-state index in [9.17, 15) is 8.42 Å². The smallest absolute Gasteiger partial charge is 0.180 e. The third-order valence-electron chi connectivity index (χ3n) is 2.82. The number of sulfone groups is 1. The molecule has 0 aliphatic heterocycles. The van der Waals surface area contributed by atoms with Gasteiger partial charge in [-0.3, -0.25) is 0 Å². The molecular formula is C13H17ClN2O2S. The number of nitrogens with zero attached hydrogens (tertiary/aromatic N) is 1. The van der Waals surface area contributed by atoms with Crippen LogP contribution in [0, 0.1) is 16.7 Å². The van der Waals surface area contributed by atoms with Crippen molar-refractivity contribution in [2.24, 2.45) is 5.41 Å². The first-order valence-corrected chi connectivity index (χ1v) is 7.90. The molecule has 0 unspecified atom stereocenters. The minimum Gasteiger partial charge on any atom is -0.398 e. The minimum absolute atomic E-state index is 0.0239. The zero-order chi connectivity index (χ0) is 14.7. The van der Waals surface area contributed by atoms with E-state index in [0.29, 0.717) is 17.9 Å². The fourth-order valence-corrected chi connectivity index (χ4v) is 3.29. The summed E-state index contributed by atoms with van der Waals surface area (Å²) in [5.41, 5.74) is 5.32. The van der Waals surface area contributed by atoms with Crippen LogP contribution in [0.4, 0.5) is 5.69 Å². The van der Waals surface area contributed by atoms with Crippen LogP contribution in [0.3, 0.4) is 0 Å². The maximum Gasteiger partial charge on any atom is 0.180 e. The zero-order valence-corrected chi connectivity index (χ0v) is 12.6. The van der Waals surface area contributed by atoms with Gasteiger partial charge >= 0.3 is 0 Å². The van der Waals surface area contributed by atoms with Crippen molar-refractivity contribution in [3.05, 3.63) is 23.2 Å². The molecule has 0 radical (unpaired) electrons. The Labute approximate surface area is 119 Å². The quantitative estimate of drug-likeness (QED) is 0.847. The maximum absolute atomic E-state index is 12.1. The summed E-state index contributed by atoms with van der Waals surface area (Å²) in [7, 11) is -3.43. The molecule has 0 saturated carbocycles. The second-order valence-corrected chi connectivity index (χ2v) is 7.61. The van der Waals surface area contributed by atoms with E-state index >= 15 is 0 Å². The van der Waals surface area contributed by atoms with Crippen LogP contribution in [-0.4, -0.2) is 14.2 Å². The van der Waals surface area contributed by atoms with Gasteiger partial charge < -0.3 is 5.73 Å². The second kappa shape index (κ2) is 5.81. The third-order valence-corrected chi connectivity index (χ3v) is 4.93. The van der Waals surface area contributed by atoms with Gasteiger partial charge in [0.05, 0.1) is 27.8 Å². The highest BCUT2D eigenvalue weighted by molar-refractivity contribution is 7.91. The van der Waals surface area contributed by atoms with Gasteiger partial charge in [0.25, 0.3) is 0 Å². The van der Waals surface area contributed by atoms with Gasteiger partial charge in [0.15, 0.2) is 9.84 Å². The molecule has 0 spiro atoms. The Balaban J connectivity index is 2.80. The molecule has 0 amide bonds. The summed E-state index contributed by atoms with van der Waals surface area (Å²) in [4.78, 5) is 0.103.